The molecule has 0 bridgehead atoms. The van der Waals surface area contributed by atoms with E-state index in [9.17, 15) is 0 Å². The average molecular weight is 823 g/mol. The second-order valence-corrected chi connectivity index (χ2v) is 25.3. The second-order valence-electron chi connectivity index (χ2n) is 15.9. The maximum atomic E-state index is 2.44. The van der Waals surface area contributed by atoms with Crippen molar-refractivity contribution in [3.8, 4) is 22.3 Å². The van der Waals surface area contributed by atoms with E-state index in [4.69, 9.17) is 0 Å². The van der Waals surface area contributed by atoms with Gasteiger partial charge in [-0.1, -0.05) is 110 Å². The maximum Gasteiger partial charge on any atom is -1.00 e. The van der Waals surface area contributed by atoms with Crippen molar-refractivity contribution in [3.05, 3.63) is 131 Å². The van der Waals surface area contributed by atoms with Crippen molar-refractivity contribution >= 4 is 27.0 Å². The molecule has 0 heterocycles. The van der Waals surface area contributed by atoms with Crippen LogP contribution in [0.25, 0.3) is 43.8 Å². The summed E-state index contributed by atoms with van der Waals surface area (Å²) in [6, 6.07) is 41.0. The first-order chi connectivity index (χ1) is 24.1. The Morgan fingerprint density at radius 1 is 0.577 bits per heavy atom. The van der Waals surface area contributed by atoms with Gasteiger partial charge in [0.2, 0.25) is 0 Å². The molecule has 2 saturated carbocycles. The number of hydrogen-bond donors (Lipinski definition) is 0. The van der Waals surface area contributed by atoms with Crippen molar-refractivity contribution in [1.82, 2.24) is 0 Å². The van der Waals surface area contributed by atoms with Gasteiger partial charge in [0.1, 0.15) is 0 Å². The Labute approximate surface area is 342 Å². The summed E-state index contributed by atoms with van der Waals surface area (Å²) in [7, 11) is 0. The molecule has 0 unspecified atom stereocenters. The first kappa shape index (κ1) is 42.5. The van der Waals surface area contributed by atoms with E-state index in [1.54, 1.807) is 23.3 Å². The third kappa shape index (κ3) is 10.9. The van der Waals surface area contributed by atoms with Crippen molar-refractivity contribution in [2.45, 2.75) is 105 Å². The van der Waals surface area contributed by atoms with Crippen molar-refractivity contribution in [2.75, 3.05) is 0 Å². The molecular weight excluding hydrogens is 767 g/mol. The van der Waals surface area contributed by atoms with Crippen LogP contribution in [0.15, 0.2) is 109 Å². The van der Waals surface area contributed by atoms with Crippen LogP contribution in [-0.2, 0) is 36.2 Å². The topological polar surface area (TPSA) is 0 Å². The molecule has 2 aliphatic rings. The molecule has 52 heavy (non-hydrogen) atoms. The minimum atomic E-state index is 0. The number of rotatable bonds is 10. The standard InChI is InChI=1S/2C23H25.C2H6Si.2ClH.Zr/c2*1-3-11-23(12-13-23)16-18-14-20-5-4-6-21(22(20)15-18)19-9-7-17(2)8-10-19;1-3-2;;;/h2*4-10,14-15H,3,11-13,16H2,1-2H3;1-2H3;2*1H;/q2*-1;;;;+2/p-2. The molecule has 6 aromatic carbocycles. The SMILES string of the molecule is CCCC1(Cc2cc3c(-c4ccc(C)cc4)cccc3[cH-]2)CC1.CCCC1(Cc2cc3c(-c4ccc(C)cc4)cccc3[cH-]2)CC1.C[Si](C)=[Zr+2].[Cl-].[Cl-]. The maximum absolute atomic E-state index is 2.44. The zero-order valence-electron chi connectivity index (χ0n) is 32.2. The minimum Gasteiger partial charge on any atom is -1.00 e. The molecule has 0 aliphatic heterocycles. The number of fused-ring (bicyclic) bond motifs is 2. The van der Waals surface area contributed by atoms with Gasteiger partial charge in [-0.2, -0.15) is 12.1 Å². The van der Waals surface area contributed by atoms with E-state index in [0.717, 1.165) is 0 Å². The fraction of sp³-hybridized carbons (Fsp3) is 0.375. The molecule has 0 amide bonds. The molecule has 0 radical (unpaired) electrons. The van der Waals surface area contributed by atoms with Crippen molar-refractivity contribution in [1.29, 1.82) is 0 Å². The Balaban J connectivity index is 0.000000204. The molecular formula is C48H56Cl2SiZr-2. The molecule has 2 fully saturated rings. The van der Waals surface area contributed by atoms with Crippen LogP contribution in [-0.4, -0.2) is 5.43 Å². The van der Waals surface area contributed by atoms with Crippen molar-refractivity contribution < 1.29 is 48.1 Å². The van der Waals surface area contributed by atoms with Gasteiger partial charge in [0, 0.05) is 0 Å². The molecule has 0 aromatic heterocycles. The summed E-state index contributed by atoms with van der Waals surface area (Å²) in [5.41, 5.74) is 12.6. The predicted molar refractivity (Wildman–Crippen MR) is 217 cm³/mol. The molecule has 4 heteroatoms. The van der Waals surface area contributed by atoms with Crippen LogP contribution in [0.3, 0.4) is 0 Å². The number of hydrogen-bond acceptors (Lipinski definition) is 0. The van der Waals surface area contributed by atoms with Crippen LogP contribution in [0.5, 0.6) is 0 Å². The number of halogens is 2. The molecule has 6 aromatic rings. The van der Waals surface area contributed by atoms with E-state index in [1.165, 1.54) is 130 Å². The third-order valence-corrected chi connectivity index (χ3v) is 11.0. The summed E-state index contributed by atoms with van der Waals surface area (Å²) in [6.07, 6.45) is 13.6. The molecule has 0 saturated heterocycles. The van der Waals surface area contributed by atoms with Crippen LogP contribution in [0, 0.1) is 24.7 Å². The summed E-state index contributed by atoms with van der Waals surface area (Å²) >= 11 is 1.74. The molecule has 0 spiro atoms. The predicted octanol–water partition coefficient (Wildman–Crippen LogP) is 8.11. The van der Waals surface area contributed by atoms with Crippen LogP contribution in [0.4, 0.5) is 0 Å². The first-order valence-electron chi connectivity index (χ1n) is 19.1. The average Bonchev–Trinajstić information content (AvgIpc) is 3.93. The van der Waals surface area contributed by atoms with E-state index in [2.05, 4.69) is 150 Å². The molecule has 0 N–H and O–H groups in total. The van der Waals surface area contributed by atoms with Crippen LogP contribution >= 0.6 is 0 Å². The molecule has 0 atom stereocenters. The molecule has 272 valence electrons. The van der Waals surface area contributed by atoms with E-state index in [0.29, 0.717) is 10.8 Å². The summed E-state index contributed by atoms with van der Waals surface area (Å²) < 4.78 is 0. The van der Waals surface area contributed by atoms with Gasteiger partial charge in [-0.3, -0.25) is 0 Å². The van der Waals surface area contributed by atoms with Gasteiger partial charge in [-0.25, -0.2) is 0 Å². The van der Waals surface area contributed by atoms with Gasteiger partial charge >= 0.3 is 41.9 Å². The Morgan fingerprint density at radius 3 is 1.23 bits per heavy atom. The van der Waals surface area contributed by atoms with Crippen molar-refractivity contribution in [3.63, 3.8) is 0 Å². The van der Waals surface area contributed by atoms with Gasteiger partial charge in [-0.15, -0.1) is 69.1 Å². The summed E-state index contributed by atoms with van der Waals surface area (Å²) in [4.78, 5) is 0. The number of aryl methyl sites for hydroxylation is 2. The molecule has 8 rings (SSSR count). The Bertz CT molecular complexity index is 1890. The van der Waals surface area contributed by atoms with E-state index < -0.39 is 0 Å². The van der Waals surface area contributed by atoms with Crippen LogP contribution in [0.1, 0.15) is 87.5 Å². The normalized spacial score (nSPS) is 14.6. The summed E-state index contributed by atoms with van der Waals surface area (Å²) in [6.45, 7) is 13.5. The quantitative estimate of drug-likeness (QED) is 0.0969. The monoisotopic (exact) mass is 820 g/mol. The van der Waals surface area contributed by atoms with Gasteiger partial charge in [0.15, 0.2) is 0 Å². The van der Waals surface area contributed by atoms with Gasteiger partial charge in [0.25, 0.3) is 0 Å². The van der Waals surface area contributed by atoms with E-state index in [1.807, 2.05) is 0 Å². The third-order valence-electron chi connectivity index (χ3n) is 11.0. The van der Waals surface area contributed by atoms with Crippen LogP contribution in [0.2, 0.25) is 13.1 Å². The van der Waals surface area contributed by atoms with Gasteiger partial charge in [0.05, 0.1) is 0 Å². The zero-order valence-corrected chi connectivity index (χ0v) is 37.2. The van der Waals surface area contributed by atoms with Crippen molar-refractivity contribution in [2.24, 2.45) is 10.8 Å². The Kier molecular flexibility index (Phi) is 15.4. The van der Waals surface area contributed by atoms with E-state index >= 15 is 0 Å². The summed E-state index contributed by atoms with van der Waals surface area (Å²) in [5.74, 6) is 0. The fourth-order valence-electron chi connectivity index (χ4n) is 8.08. The van der Waals surface area contributed by atoms with Crippen LogP contribution < -0.4 is 24.8 Å². The van der Waals surface area contributed by atoms with Gasteiger partial charge in [-0.05, 0) is 87.2 Å². The molecule has 2 aliphatic carbocycles. The minimum absolute atomic E-state index is 0. The first-order valence-corrected chi connectivity index (χ1v) is 25.3. The smallest absolute Gasteiger partial charge is 1.00 e. The molecule has 0 nitrogen and oxygen atoms in total. The zero-order chi connectivity index (χ0) is 35.3. The summed E-state index contributed by atoms with van der Waals surface area (Å²) in [5, 5.41) is 5.62. The van der Waals surface area contributed by atoms with Gasteiger partial charge < -0.3 is 24.8 Å². The van der Waals surface area contributed by atoms with E-state index in [-0.39, 0.29) is 30.2 Å². The Hall–Kier alpha value is -2.22. The Morgan fingerprint density at radius 2 is 0.923 bits per heavy atom. The number of benzene rings is 4. The fourth-order valence-corrected chi connectivity index (χ4v) is 8.08. The second kappa shape index (κ2) is 18.9. The largest absolute Gasteiger partial charge is 1.00 e.